The summed E-state index contributed by atoms with van der Waals surface area (Å²) in [7, 11) is 0. The van der Waals surface area contributed by atoms with E-state index in [1.54, 1.807) is 42.7 Å². The summed E-state index contributed by atoms with van der Waals surface area (Å²) >= 11 is 5.93. The van der Waals surface area contributed by atoms with Crippen molar-refractivity contribution < 1.29 is 13.7 Å². The maximum absolute atomic E-state index is 12.4. The number of halogens is 1. The molecule has 0 aliphatic carbocycles. The molecule has 2 aromatic carbocycles. The molecule has 1 amide bonds. The van der Waals surface area contributed by atoms with Crippen LogP contribution in [0.25, 0.3) is 22.2 Å². The number of carbonyl (C=O) groups is 1. The summed E-state index contributed by atoms with van der Waals surface area (Å²) in [4.78, 5) is 12.4. The van der Waals surface area contributed by atoms with Gasteiger partial charge < -0.3 is 14.3 Å². The fraction of sp³-hybridized carbons (Fsp3) is 0.0526. The molecule has 0 radical (unpaired) electrons. The van der Waals surface area contributed by atoms with Crippen molar-refractivity contribution >= 4 is 28.4 Å². The molecule has 0 saturated heterocycles. The molecule has 0 atom stereocenters. The summed E-state index contributed by atoms with van der Waals surface area (Å²) in [6, 6.07) is 16.1. The Kier molecular flexibility index (Phi) is 3.99. The third-order valence-corrected chi connectivity index (χ3v) is 4.10. The van der Waals surface area contributed by atoms with Crippen LogP contribution in [0.4, 0.5) is 0 Å². The molecular weight excluding hydrogens is 340 g/mol. The van der Waals surface area contributed by atoms with E-state index in [0.717, 1.165) is 10.9 Å². The Morgan fingerprint density at radius 3 is 2.72 bits per heavy atom. The molecule has 0 fully saturated rings. The zero-order chi connectivity index (χ0) is 17.2. The summed E-state index contributed by atoms with van der Waals surface area (Å²) in [5.41, 5.74) is 2.06. The Balaban J connectivity index is 1.63. The van der Waals surface area contributed by atoms with Crippen molar-refractivity contribution in [1.82, 2.24) is 10.5 Å². The van der Waals surface area contributed by atoms with Gasteiger partial charge in [-0.15, -0.1) is 0 Å². The van der Waals surface area contributed by atoms with Crippen molar-refractivity contribution in [3.63, 3.8) is 0 Å². The Hall–Kier alpha value is -3.05. The van der Waals surface area contributed by atoms with Gasteiger partial charge in [0, 0.05) is 16.1 Å². The molecular formula is C19H13ClN2O3. The molecule has 0 unspecified atom stereocenters. The molecule has 124 valence electrons. The summed E-state index contributed by atoms with van der Waals surface area (Å²) in [5, 5.41) is 8.29. The van der Waals surface area contributed by atoms with Gasteiger partial charge >= 0.3 is 0 Å². The van der Waals surface area contributed by atoms with E-state index in [1.165, 1.54) is 0 Å². The SMILES string of the molecule is O=C(NCc1ccco1)c1ccc2noc(-c3ccc(Cl)cc3)c2c1. The molecule has 6 heteroatoms. The van der Waals surface area contributed by atoms with Crippen molar-refractivity contribution in [3.05, 3.63) is 77.2 Å². The minimum Gasteiger partial charge on any atom is -0.467 e. The topological polar surface area (TPSA) is 68.3 Å². The van der Waals surface area contributed by atoms with E-state index in [9.17, 15) is 4.79 Å². The highest BCUT2D eigenvalue weighted by Gasteiger charge is 2.14. The van der Waals surface area contributed by atoms with Gasteiger partial charge in [-0.3, -0.25) is 4.79 Å². The van der Waals surface area contributed by atoms with Crippen LogP contribution in [0.1, 0.15) is 16.1 Å². The zero-order valence-electron chi connectivity index (χ0n) is 13.0. The van der Waals surface area contributed by atoms with Crippen LogP contribution in [-0.4, -0.2) is 11.1 Å². The number of aromatic nitrogens is 1. The molecule has 5 nitrogen and oxygen atoms in total. The van der Waals surface area contributed by atoms with E-state index < -0.39 is 0 Å². The molecule has 4 rings (SSSR count). The van der Waals surface area contributed by atoms with Gasteiger partial charge in [-0.2, -0.15) is 0 Å². The van der Waals surface area contributed by atoms with Crippen LogP contribution in [-0.2, 0) is 6.54 Å². The zero-order valence-corrected chi connectivity index (χ0v) is 13.8. The van der Waals surface area contributed by atoms with Gasteiger partial charge in [-0.1, -0.05) is 16.8 Å². The lowest BCUT2D eigenvalue weighted by Gasteiger charge is -2.04. The van der Waals surface area contributed by atoms with Gasteiger partial charge in [0.25, 0.3) is 5.91 Å². The maximum Gasteiger partial charge on any atom is 0.251 e. The minimum absolute atomic E-state index is 0.193. The number of nitrogens with one attached hydrogen (secondary N) is 1. The van der Waals surface area contributed by atoms with E-state index in [-0.39, 0.29) is 5.91 Å². The molecule has 4 aromatic rings. The predicted octanol–water partition coefficient (Wildman–Crippen LogP) is 4.67. The average Bonchev–Trinajstić information content (AvgIpc) is 3.29. The second-order valence-electron chi connectivity index (χ2n) is 5.51. The third-order valence-electron chi connectivity index (χ3n) is 3.85. The summed E-state index contributed by atoms with van der Waals surface area (Å²) in [6.45, 7) is 0.331. The molecule has 0 aliphatic rings. The number of rotatable bonds is 4. The van der Waals surface area contributed by atoms with Crippen molar-refractivity contribution in [2.24, 2.45) is 0 Å². The Labute approximate surface area is 148 Å². The number of furan rings is 1. The second-order valence-corrected chi connectivity index (χ2v) is 5.95. The van der Waals surface area contributed by atoms with Crippen LogP contribution in [0.5, 0.6) is 0 Å². The van der Waals surface area contributed by atoms with Crippen molar-refractivity contribution in [1.29, 1.82) is 0 Å². The van der Waals surface area contributed by atoms with E-state index in [0.29, 0.717) is 34.2 Å². The fourth-order valence-corrected chi connectivity index (χ4v) is 2.70. The van der Waals surface area contributed by atoms with Crippen LogP contribution < -0.4 is 5.32 Å². The van der Waals surface area contributed by atoms with Gasteiger partial charge in [-0.25, -0.2) is 0 Å². The highest BCUT2D eigenvalue weighted by atomic mass is 35.5. The number of benzene rings is 2. The predicted molar refractivity (Wildman–Crippen MR) is 94.3 cm³/mol. The molecule has 0 aliphatic heterocycles. The summed E-state index contributed by atoms with van der Waals surface area (Å²) in [6.07, 6.45) is 1.57. The molecule has 0 spiro atoms. The number of carbonyl (C=O) groups excluding carboxylic acids is 1. The Morgan fingerprint density at radius 1 is 1.12 bits per heavy atom. The van der Waals surface area contributed by atoms with Crippen LogP contribution >= 0.6 is 11.6 Å². The van der Waals surface area contributed by atoms with Gasteiger partial charge in [0.1, 0.15) is 11.3 Å². The summed E-state index contributed by atoms with van der Waals surface area (Å²) < 4.78 is 10.7. The van der Waals surface area contributed by atoms with Crippen LogP contribution in [0.2, 0.25) is 5.02 Å². The number of hydrogen-bond donors (Lipinski definition) is 1. The standard InChI is InChI=1S/C19H13ClN2O3/c20-14-6-3-12(4-7-14)18-16-10-13(5-8-17(16)22-25-18)19(23)21-11-15-2-1-9-24-15/h1-10H,11H2,(H,21,23). The maximum atomic E-state index is 12.4. The fourth-order valence-electron chi connectivity index (χ4n) is 2.57. The van der Waals surface area contributed by atoms with E-state index in [2.05, 4.69) is 10.5 Å². The van der Waals surface area contributed by atoms with E-state index in [4.69, 9.17) is 20.5 Å². The molecule has 2 aromatic heterocycles. The second kappa shape index (κ2) is 6.45. The number of nitrogens with zero attached hydrogens (tertiary/aromatic N) is 1. The van der Waals surface area contributed by atoms with Crippen molar-refractivity contribution in [2.45, 2.75) is 6.54 Å². The third kappa shape index (κ3) is 3.14. The quantitative estimate of drug-likeness (QED) is 0.579. The van der Waals surface area contributed by atoms with Gasteiger partial charge in [0.05, 0.1) is 18.2 Å². The first-order valence-electron chi connectivity index (χ1n) is 7.67. The lowest BCUT2D eigenvalue weighted by Crippen LogP contribution is -2.22. The average molecular weight is 353 g/mol. The molecule has 25 heavy (non-hydrogen) atoms. The van der Waals surface area contributed by atoms with Crippen LogP contribution in [0.3, 0.4) is 0 Å². The van der Waals surface area contributed by atoms with E-state index in [1.807, 2.05) is 18.2 Å². The minimum atomic E-state index is -0.193. The largest absolute Gasteiger partial charge is 0.467 e. The first kappa shape index (κ1) is 15.5. The van der Waals surface area contributed by atoms with Gasteiger partial charge in [-0.05, 0) is 54.6 Å². The first-order chi connectivity index (χ1) is 12.2. The Bertz CT molecular complexity index is 1020. The van der Waals surface area contributed by atoms with Crippen molar-refractivity contribution in [3.8, 4) is 11.3 Å². The molecule has 0 bridgehead atoms. The smallest absolute Gasteiger partial charge is 0.251 e. The highest BCUT2D eigenvalue weighted by molar-refractivity contribution is 6.30. The lowest BCUT2D eigenvalue weighted by atomic mass is 10.1. The summed E-state index contributed by atoms with van der Waals surface area (Å²) in [5.74, 6) is 1.11. The van der Waals surface area contributed by atoms with Crippen LogP contribution in [0, 0.1) is 0 Å². The van der Waals surface area contributed by atoms with Crippen LogP contribution in [0.15, 0.2) is 69.8 Å². The number of hydrogen-bond acceptors (Lipinski definition) is 4. The molecule has 1 N–H and O–H groups in total. The normalized spacial score (nSPS) is 10.9. The lowest BCUT2D eigenvalue weighted by molar-refractivity contribution is 0.0948. The van der Waals surface area contributed by atoms with Gasteiger partial charge in [0.15, 0.2) is 5.76 Å². The van der Waals surface area contributed by atoms with Gasteiger partial charge in [0.2, 0.25) is 0 Å². The molecule has 2 heterocycles. The monoisotopic (exact) mass is 352 g/mol. The number of amides is 1. The molecule has 0 saturated carbocycles. The van der Waals surface area contributed by atoms with Crippen molar-refractivity contribution in [2.75, 3.05) is 0 Å². The highest BCUT2D eigenvalue weighted by Crippen LogP contribution is 2.30. The first-order valence-corrected chi connectivity index (χ1v) is 8.04. The Morgan fingerprint density at radius 2 is 1.96 bits per heavy atom. The van der Waals surface area contributed by atoms with E-state index >= 15 is 0 Å². The number of fused-ring (bicyclic) bond motifs is 1.